The lowest BCUT2D eigenvalue weighted by molar-refractivity contribution is 0.0756. The Morgan fingerprint density at radius 2 is 2.00 bits per heavy atom. The van der Waals surface area contributed by atoms with Crippen molar-refractivity contribution in [2.75, 3.05) is 13.1 Å². The van der Waals surface area contributed by atoms with Crippen LogP contribution in [0.25, 0.3) is 0 Å². The van der Waals surface area contributed by atoms with Gasteiger partial charge in [-0.3, -0.25) is 4.79 Å². The molecule has 0 spiro atoms. The van der Waals surface area contributed by atoms with Crippen LogP contribution in [0.2, 0.25) is 0 Å². The first-order chi connectivity index (χ1) is 11.5. The summed E-state index contributed by atoms with van der Waals surface area (Å²) in [5, 5.41) is 0. The predicted molar refractivity (Wildman–Crippen MR) is 90.1 cm³/mol. The number of ether oxygens (including phenoxy) is 1. The van der Waals surface area contributed by atoms with Crippen LogP contribution in [-0.2, 0) is 12.8 Å². The molecule has 0 saturated heterocycles. The molecule has 0 aliphatic carbocycles. The number of nitrogens with zero attached hydrogens (tertiary/aromatic N) is 4. The summed E-state index contributed by atoms with van der Waals surface area (Å²) in [6, 6.07) is 5.52. The molecule has 24 heavy (non-hydrogen) atoms. The van der Waals surface area contributed by atoms with Gasteiger partial charge in [-0.2, -0.15) is 0 Å². The average molecular weight is 326 g/mol. The second-order valence-electron chi connectivity index (χ2n) is 6.23. The molecular formula is C18H22N4O2. The Bertz CT molecular complexity index is 746. The van der Waals surface area contributed by atoms with E-state index < -0.39 is 0 Å². The lowest BCUT2D eigenvalue weighted by atomic mass is 10.1. The Balaban J connectivity index is 1.79. The Labute approximate surface area is 141 Å². The van der Waals surface area contributed by atoms with Gasteiger partial charge >= 0.3 is 0 Å². The second kappa shape index (κ2) is 6.95. The third kappa shape index (κ3) is 3.53. The predicted octanol–water partition coefficient (Wildman–Crippen LogP) is 2.21. The molecular weight excluding hydrogens is 304 g/mol. The third-order valence-electron chi connectivity index (χ3n) is 3.99. The van der Waals surface area contributed by atoms with E-state index >= 15 is 0 Å². The fourth-order valence-electron chi connectivity index (χ4n) is 2.85. The van der Waals surface area contributed by atoms with Crippen LogP contribution in [0.5, 0.6) is 5.88 Å². The van der Waals surface area contributed by atoms with E-state index in [2.05, 4.69) is 15.0 Å². The zero-order valence-corrected chi connectivity index (χ0v) is 14.3. The highest BCUT2D eigenvalue weighted by atomic mass is 16.5. The largest absolute Gasteiger partial charge is 0.475 e. The van der Waals surface area contributed by atoms with Crippen LogP contribution >= 0.6 is 0 Å². The molecule has 3 rings (SSSR count). The highest BCUT2D eigenvalue weighted by Gasteiger charge is 2.24. The molecule has 0 unspecified atom stereocenters. The van der Waals surface area contributed by atoms with Gasteiger partial charge in [0, 0.05) is 30.8 Å². The number of rotatable bonds is 3. The van der Waals surface area contributed by atoms with E-state index in [-0.39, 0.29) is 12.0 Å². The summed E-state index contributed by atoms with van der Waals surface area (Å²) < 4.78 is 5.80. The maximum Gasteiger partial charge on any atom is 0.272 e. The van der Waals surface area contributed by atoms with Crippen LogP contribution in [0, 0.1) is 6.92 Å². The number of hydrogen-bond donors (Lipinski definition) is 0. The minimum atomic E-state index is -0.0363. The number of amides is 1. The Morgan fingerprint density at radius 1 is 1.21 bits per heavy atom. The van der Waals surface area contributed by atoms with Crippen LogP contribution in [0.15, 0.2) is 24.5 Å². The minimum Gasteiger partial charge on any atom is -0.475 e. The second-order valence-corrected chi connectivity index (χ2v) is 6.23. The molecule has 0 aromatic carbocycles. The summed E-state index contributed by atoms with van der Waals surface area (Å²) in [7, 11) is 0. The lowest BCUT2D eigenvalue weighted by Crippen LogP contribution is -2.34. The van der Waals surface area contributed by atoms with Crippen molar-refractivity contribution in [1.29, 1.82) is 0 Å². The molecule has 1 aliphatic heterocycles. The fraction of sp³-hybridized carbons (Fsp3) is 0.444. The number of pyridine rings is 1. The Hall–Kier alpha value is -2.50. The first-order valence-electron chi connectivity index (χ1n) is 8.27. The molecule has 0 atom stereocenters. The van der Waals surface area contributed by atoms with Crippen LogP contribution < -0.4 is 4.74 Å². The summed E-state index contributed by atoms with van der Waals surface area (Å²) in [5.74, 6) is 0.601. The van der Waals surface area contributed by atoms with Crippen molar-refractivity contribution in [3.63, 3.8) is 0 Å². The van der Waals surface area contributed by atoms with E-state index in [9.17, 15) is 4.79 Å². The summed E-state index contributed by atoms with van der Waals surface area (Å²) in [4.78, 5) is 27.5. The van der Waals surface area contributed by atoms with Gasteiger partial charge in [-0.25, -0.2) is 15.0 Å². The number of fused-ring (bicyclic) bond motifs is 1. The van der Waals surface area contributed by atoms with E-state index in [1.807, 2.05) is 37.8 Å². The van der Waals surface area contributed by atoms with Gasteiger partial charge in [-0.15, -0.1) is 0 Å². The topological polar surface area (TPSA) is 68.2 Å². The van der Waals surface area contributed by atoms with E-state index in [0.29, 0.717) is 37.5 Å². The van der Waals surface area contributed by atoms with Gasteiger partial charge in [0.05, 0.1) is 11.8 Å². The molecule has 2 aromatic heterocycles. The summed E-state index contributed by atoms with van der Waals surface area (Å²) >= 11 is 0. The van der Waals surface area contributed by atoms with Gasteiger partial charge in [0.25, 0.3) is 5.91 Å². The monoisotopic (exact) mass is 326 g/mol. The van der Waals surface area contributed by atoms with E-state index in [0.717, 1.165) is 17.0 Å². The van der Waals surface area contributed by atoms with Crippen LogP contribution in [0.1, 0.15) is 41.3 Å². The molecule has 6 nitrogen and oxygen atoms in total. The third-order valence-corrected chi connectivity index (χ3v) is 3.99. The molecule has 0 radical (unpaired) electrons. The standard InChI is InChI=1S/C18H22N4O2/c1-12(2)24-17-14-7-9-22(10-8-15(14)19-11-20-17)18(23)16-6-4-5-13(3)21-16/h4-6,11-12H,7-10H2,1-3H3. The zero-order chi connectivity index (χ0) is 17.1. The molecule has 1 aliphatic rings. The number of hydrogen-bond acceptors (Lipinski definition) is 5. The van der Waals surface area contributed by atoms with Gasteiger partial charge in [0.2, 0.25) is 5.88 Å². The van der Waals surface area contributed by atoms with E-state index in [4.69, 9.17) is 4.74 Å². The molecule has 1 amide bonds. The van der Waals surface area contributed by atoms with Crippen molar-refractivity contribution >= 4 is 5.91 Å². The number of aryl methyl sites for hydroxylation is 1. The average Bonchev–Trinajstić information content (AvgIpc) is 2.77. The van der Waals surface area contributed by atoms with Crippen molar-refractivity contribution in [3.05, 3.63) is 47.2 Å². The van der Waals surface area contributed by atoms with E-state index in [1.165, 1.54) is 6.33 Å². The molecule has 0 bridgehead atoms. The number of carbonyl (C=O) groups is 1. The normalized spacial score (nSPS) is 14.2. The van der Waals surface area contributed by atoms with Gasteiger partial charge < -0.3 is 9.64 Å². The van der Waals surface area contributed by atoms with Gasteiger partial charge in [-0.1, -0.05) is 6.07 Å². The fourth-order valence-corrected chi connectivity index (χ4v) is 2.85. The maximum absolute atomic E-state index is 12.7. The van der Waals surface area contributed by atoms with E-state index in [1.54, 1.807) is 6.07 Å². The molecule has 0 N–H and O–H groups in total. The lowest BCUT2D eigenvalue weighted by Gasteiger charge is -2.19. The quantitative estimate of drug-likeness (QED) is 0.865. The number of aromatic nitrogens is 3. The van der Waals surface area contributed by atoms with Crippen molar-refractivity contribution in [1.82, 2.24) is 19.9 Å². The molecule has 3 heterocycles. The Kier molecular flexibility index (Phi) is 4.74. The number of carbonyl (C=O) groups excluding carboxylic acids is 1. The van der Waals surface area contributed by atoms with Gasteiger partial charge in [-0.05, 0) is 39.3 Å². The van der Waals surface area contributed by atoms with Crippen molar-refractivity contribution in [2.24, 2.45) is 0 Å². The molecule has 6 heteroatoms. The summed E-state index contributed by atoms with van der Waals surface area (Å²) in [6.45, 7) is 7.08. The Morgan fingerprint density at radius 3 is 2.75 bits per heavy atom. The minimum absolute atomic E-state index is 0.0363. The highest BCUT2D eigenvalue weighted by Crippen LogP contribution is 2.23. The summed E-state index contributed by atoms with van der Waals surface area (Å²) in [5.41, 5.74) is 3.31. The SMILES string of the molecule is Cc1cccc(C(=O)N2CCc3ncnc(OC(C)C)c3CC2)n1. The van der Waals surface area contributed by atoms with Gasteiger partial charge in [0.1, 0.15) is 12.0 Å². The van der Waals surface area contributed by atoms with Gasteiger partial charge in [0.15, 0.2) is 0 Å². The molecule has 0 saturated carbocycles. The first kappa shape index (κ1) is 16.4. The molecule has 126 valence electrons. The van der Waals surface area contributed by atoms with Crippen LogP contribution in [-0.4, -0.2) is 45.0 Å². The van der Waals surface area contributed by atoms with Crippen molar-refractivity contribution in [3.8, 4) is 5.88 Å². The first-order valence-corrected chi connectivity index (χ1v) is 8.27. The van der Waals surface area contributed by atoms with Crippen molar-refractivity contribution in [2.45, 2.75) is 39.7 Å². The zero-order valence-electron chi connectivity index (χ0n) is 14.3. The summed E-state index contributed by atoms with van der Waals surface area (Å²) in [6.07, 6.45) is 2.98. The van der Waals surface area contributed by atoms with Crippen LogP contribution in [0.3, 0.4) is 0 Å². The van der Waals surface area contributed by atoms with Crippen molar-refractivity contribution < 1.29 is 9.53 Å². The smallest absolute Gasteiger partial charge is 0.272 e. The molecule has 0 fully saturated rings. The van der Waals surface area contributed by atoms with Crippen LogP contribution in [0.4, 0.5) is 0 Å². The molecule has 2 aromatic rings. The maximum atomic E-state index is 12.7. The highest BCUT2D eigenvalue weighted by molar-refractivity contribution is 5.92.